The van der Waals surface area contributed by atoms with E-state index in [0.717, 1.165) is 22.4 Å². The molecule has 4 rings (SSSR count). The first kappa shape index (κ1) is 22.7. The molecule has 172 valence electrons. The summed E-state index contributed by atoms with van der Waals surface area (Å²) in [5.74, 6) is -0.492. The van der Waals surface area contributed by atoms with Crippen LogP contribution in [0.3, 0.4) is 0 Å². The zero-order valence-corrected chi connectivity index (χ0v) is 19.7. The van der Waals surface area contributed by atoms with Crippen LogP contribution in [0.4, 0.5) is 0 Å². The lowest BCUT2D eigenvalue weighted by atomic mass is 9.78. The van der Waals surface area contributed by atoms with E-state index in [9.17, 15) is 9.59 Å². The van der Waals surface area contributed by atoms with E-state index in [-0.39, 0.29) is 17.2 Å². The van der Waals surface area contributed by atoms with Crippen LogP contribution >= 0.6 is 0 Å². The Balaban J connectivity index is 1.61. The minimum absolute atomic E-state index is 0.119. The van der Waals surface area contributed by atoms with Crippen molar-refractivity contribution in [3.8, 4) is 11.1 Å². The Morgan fingerprint density at radius 1 is 1.12 bits per heavy atom. The van der Waals surface area contributed by atoms with E-state index in [1.54, 1.807) is 29.0 Å². The van der Waals surface area contributed by atoms with Crippen molar-refractivity contribution in [2.45, 2.75) is 39.0 Å². The fourth-order valence-corrected chi connectivity index (χ4v) is 4.53. The average Bonchev–Trinajstić information content (AvgIpc) is 3.39. The molecule has 1 aliphatic rings. The number of pyridine rings is 1. The molecule has 1 saturated heterocycles. The van der Waals surface area contributed by atoms with Gasteiger partial charge in [0.05, 0.1) is 11.1 Å². The van der Waals surface area contributed by atoms with Crippen LogP contribution in [0.1, 0.15) is 48.9 Å². The monoisotopic (exact) mass is 445 g/mol. The molecule has 2 amide bonds. The van der Waals surface area contributed by atoms with Gasteiger partial charge in [-0.3, -0.25) is 19.3 Å². The molecule has 33 heavy (non-hydrogen) atoms. The van der Waals surface area contributed by atoms with Crippen LogP contribution in [0.15, 0.2) is 54.9 Å². The molecule has 2 aromatic heterocycles. The van der Waals surface area contributed by atoms with Gasteiger partial charge < -0.3 is 10.6 Å². The second kappa shape index (κ2) is 8.46. The molecule has 7 nitrogen and oxygen atoms in total. The smallest absolute Gasteiger partial charge is 0.272 e. The summed E-state index contributed by atoms with van der Waals surface area (Å²) < 4.78 is 1.63. The number of nitrogens with two attached hydrogens (primary N) is 1. The molecule has 3 heterocycles. The van der Waals surface area contributed by atoms with Gasteiger partial charge in [-0.25, -0.2) is 0 Å². The summed E-state index contributed by atoms with van der Waals surface area (Å²) in [5.41, 5.74) is 9.49. The lowest BCUT2D eigenvalue weighted by Crippen LogP contribution is -2.42. The number of primary amides is 1. The second-order valence-corrected chi connectivity index (χ2v) is 9.98. The number of aryl methyl sites for hydroxylation is 1. The molecular weight excluding hydrogens is 414 g/mol. The zero-order chi connectivity index (χ0) is 23.8. The molecule has 2 N–H and O–H groups in total. The van der Waals surface area contributed by atoms with Crippen LogP contribution in [0.2, 0.25) is 0 Å². The summed E-state index contributed by atoms with van der Waals surface area (Å²) in [5, 5.41) is 4.53. The van der Waals surface area contributed by atoms with Crippen LogP contribution in [-0.4, -0.2) is 44.6 Å². The normalized spacial score (nSPS) is 18.5. The summed E-state index contributed by atoms with van der Waals surface area (Å²) in [6.45, 7) is 6.98. The van der Waals surface area contributed by atoms with Crippen molar-refractivity contribution in [3.63, 3.8) is 0 Å². The van der Waals surface area contributed by atoms with E-state index in [4.69, 9.17) is 5.73 Å². The van der Waals surface area contributed by atoms with Crippen molar-refractivity contribution in [2.24, 2.45) is 18.2 Å². The standard InChI is InChI=1S/C26H31N5O2/c1-25(2,3)22-15-21(30(4)29-22)23(32)31-14-11-26(17-31,24(27)33)16-19-7-5-6-8-20(19)18-9-12-28-13-10-18/h5-10,12-13,15H,11,14,16-17H2,1-4H3,(H2,27,33)/t26-/m1/s1. The third-order valence-corrected chi connectivity index (χ3v) is 6.57. The van der Waals surface area contributed by atoms with Gasteiger partial charge in [0.15, 0.2) is 0 Å². The van der Waals surface area contributed by atoms with E-state index < -0.39 is 5.41 Å². The number of benzene rings is 1. The van der Waals surface area contributed by atoms with Crippen LogP contribution in [0.25, 0.3) is 11.1 Å². The Morgan fingerprint density at radius 2 is 1.82 bits per heavy atom. The minimum Gasteiger partial charge on any atom is -0.369 e. The highest BCUT2D eigenvalue weighted by Gasteiger charge is 2.45. The number of carbonyl (C=O) groups is 2. The maximum atomic E-state index is 13.4. The Morgan fingerprint density at radius 3 is 2.45 bits per heavy atom. The third-order valence-electron chi connectivity index (χ3n) is 6.57. The predicted molar refractivity (Wildman–Crippen MR) is 127 cm³/mol. The second-order valence-electron chi connectivity index (χ2n) is 9.98. The van der Waals surface area contributed by atoms with Crippen molar-refractivity contribution < 1.29 is 9.59 Å². The van der Waals surface area contributed by atoms with E-state index in [2.05, 4.69) is 30.9 Å². The molecule has 1 fully saturated rings. The molecule has 1 atom stereocenters. The summed E-state index contributed by atoms with van der Waals surface area (Å²) in [7, 11) is 1.78. The molecule has 0 saturated carbocycles. The topological polar surface area (TPSA) is 94.1 Å². The number of hydrogen-bond donors (Lipinski definition) is 1. The summed E-state index contributed by atoms with van der Waals surface area (Å²) in [6, 6.07) is 13.8. The quantitative estimate of drug-likeness (QED) is 0.652. The largest absolute Gasteiger partial charge is 0.369 e. The van der Waals surface area contributed by atoms with Gasteiger partial charge in [0.2, 0.25) is 5.91 Å². The van der Waals surface area contributed by atoms with Gasteiger partial charge in [-0.1, -0.05) is 45.0 Å². The first-order valence-electron chi connectivity index (χ1n) is 11.2. The molecule has 0 aliphatic carbocycles. The first-order valence-corrected chi connectivity index (χ1v) is 11.2. The maximum Gasteiger partial charge on any atom is 0.272 e. The fraction of sp³-hybridized carbons (Fsp3) is 0.385. The fourth-order valence-electron chi connectivity index (χ4n) is 4.53. The number of rotatable bonds is 5. The third kappa shape index (κ3) is 4.40. The minimum atomic E-state index is -0.815. The number of amides is 2. The van der Waals surface area contributed by atoms with Gasteiger partial charge in [0.1, 0.15) is 5.69 Å². The van der Waals surface area contributed by atoms with E-state index in [1.807, 2.05) is 42.5 Å². The van der Waals surface area contributed by atoms with Crippen LogP contribution in [0, 0.1) is 5.41 Å². The molecular formula is C26H31N5O2. The van der Waals surface area contributed by atoms with E-state index >= 15 is 0 Å². The summed E-state index contributed by atoms with van der Waals surface area (Å²) in [4.78, 5) is 31.9. The Kier molecular flexibility index (Phi) is 5.82. The predicted octanol–water partition coefficient (Wildman–Crippen LogP) is 3.34. The van der Waals surface area contributed by atoms with Crippen LogP contribution in [0.5, 0.6) is 0 Å². The molecule has 1 aliphatic heterocycles. The first-order chi connectivity index (χ1) is 15.6. The number of carbonyl (C=O) groups excluding carboxylic acids is 2. The van der Waals surface area contributed by atoms with E-state index in [1.165, 1.54) is 0 Å². The lowest BCUT2D eigenvalue weighted by molar-refractivity contribution is -0.126. The zero-order valence-electron chi connectivity index (χ0n) is 19.7. The molecule has 0 radical (unpaired) electrons. The highest BCUT2D eigenvalue weighted by Crippen LogP contribution is 2.37. The van der Waals surface area contributed by atoms with Crippen molar-refractivity contribution in [3.05, 3.63) is 71.8 Å². The highest BCUT2D eigenvalue weighted by molar-refractivity contribution is 5.94. The highest BCUT2D eigenvalue weighted by atomic mass is 16.2. The Hall–Kier alpha value is -3.48. The molecule has 1 aromatic carbocycles. The van der Waals surface area contributed by atoms with Gasteiger partial charge in [-0.15, -0.1) is 0 Å². The number of hydrogen-bond acceptors (Lipinski definition) is 4. The molecule has 7 heteroatoms. The summed E-state index contributed by atoms with van der Waals surface area (Å²) in [6.07, 6.45) is 4.52. The number of likely N-dealkylation sites (tertiary alicyclic amines) is 1. The summed E-state index contributed by atoms with van der Waals surface area (Å²) >= 11 is 0. The maximum absolute atomic E-state index is 13.4. The van der Waals surface area contributed by atoms with Crippen molar-refractivity contribution >= 4 is 11.8 Å². The van der Waals surface area contributed by atoms with Crippen molar-refractivity contribution in [1.82, 2.24) is 19.7 Å². The van der Waals surface area contributed by atoms with Gasteiger partial charge in [-0.2, -0.15) is 5.10 Å². The SMILES string of the molecule is Cn1nc(C(C)(C)C)cc1C(=O)N1CC[C@](Cc2ccccc2-c2ccncc2)(C(N)=O)C1. The van der Waals surface area contributed by atoms with Gasteiger partial charge in [0, 0.05) is 37.9 Å². The van der Waals surface area contributed by atoms with Crippen LogP contribution in [-0.2, 0) is 23.7 Å². The molecule has 0 spiro atoms. The number of aromatic nitrogens is 3. The van der Waals surface area contributed by atoms with Crippen molar-refractivity contribution in [2.75, 3.05) is 13.1 Å². The number of nitrogens with zero attached hydrogens (tertiary/aromatic N) is 4. The van der Waals surface area contributed by atoms with Crippen LogP contribution < -0.4 is 5.73 Å². The van der Waals surface area contributed by atoms with Crippen molar-refractivity contribution in [1.29, 1.82) is 0 Å². The lowest BCUT2D eigenvalue weighted by Gasteiger charge is -2.27. The van der Waals surface area contributed by atoms with Gasteiger partial charge >= 0.3 is 0 Å². The Bertz CT molecular complexity index is 1180. The van der Waals surface area contributed by atoms with Gasteiger partial charge in [0.25, 0.3) is 5.91 Å². The van der Waals surface area contributed by atoms with E-state index in [0.29, 0.717) is 31.6 Å². The van der Waals surface area contributed by atoms with Gasteiger partial charge in [-0.05, 0) is 47.7 Å². The average molecular weight is 446 g/mol. The molecule has 3 aromatic rings. The molecule has 0 bridgehead atoms. The molecule has 0 unspecified atom stereocenters. The Labute approximate surface area is 194 Å².